The topological polar surface area (TPSA) is 42.9 Å². The number of nitrogens with one attached hydrogen (secondary N) is 1. The molecule has 0 radical (unpaired) electrons. The van der Waals surface area contributed by atoms with Crippen molar-refractivity contribution in [1.82, 2.24) is 5.32 Å². The zero-order valence-corrected chi connectivity index (χ0v) is 10.1. The van der Waals surface area contributed by atoms with E-state index in [9.17, 15) is 0 Å². The van der Waals surface area contributed by atoms with Gasteiger partial charge < -0.3 is 14.8 Å². The van der Waals surface area contributed by atoms with Gasteiger partial charge >= 0.3 is 0 Å². The summed E-state index contributed by atoms with van der Waals surface area (Å²) < 4.78 is 10.9. The summed E-state index contributed by atoms with van der Waals surface area (Å²) >= 11 is 3.47. The largest absolute Gasteiger partial charge is 0.487 e. The molecular weight excluding hydrogens is 260 g/mol. The summed E-state index contributed by atoms with van der Waals surface area (Å²) in [5.74, 6) is 2.19. The molecule has 2 heterocycles. The Balaban J connectivity index is 2.24. The number of hydrogen-bond donors (Lipinski definition) is 1. The lowest BCUT2D eigenvalue weighted by molar-refractivity contribution is 0.0575. The quantitative estimate of drug-likeness (QED) is 0.541. The van der Waals surface area contributed by atoms with Gasteiger partial charge in [0, 0.05) is 6.42 Å². The first-order chi connectivity index (χ1) is 7.16. The second kappa shape index (κ2) is 4.26. The molecule has 0 amide bonds. The first-order valence-corrected chi connectivity index (χ1v) is 5.72. The Kier molecular flexibility index (Phi) is 3.00. The first kappa shape index (κ1) is 10.5. The predicted octanol–water partition coefficient (Wildman–Crippen LogP) is 1.89. The summed E-state index contributed by atoms with van der Waals surface area (Å²) in [6, 6.07) is 0. The van der Waals surface area contributed by atoms with Crippen molar-refractivity contribution in [3.05, 3.63) is 23.8 Å². The van der Waals surface area contributed by atoms with Crippen LogP contribution < -0.4 is 5.32 Å². The molecule has 0 aliphatic carbocycles. The fourth-order valence-electron chi connectivity index (χ4n) is 1.59. The molecule has 1 saturated heterocycles. The number of alkyl halides is 1. The van der Waals surface area contributed by atoms with Crippen molar-refractivity contribution in [1.29, 1.82) is 0 Å². The van der Waals surface area contributed by atoms with Crippen LogP contribution in [0.1, 0.15) is 13.3 Å². The van der Waals surface area contributed by atoms with Gasteiger partial charge in [-0.25, -0.2) is 0 Å². The van der Waals surface area contributed by atoms with E-state index in [4.69, 9.17) is 9.47 Å². The van der Waals surface area contributed by atoms with Gasteiger partial charge in [0.25, 0.3) is 0 Å². The molecule has 2 rings (SSSR count). The van der Waals surface area contributed by atoms with Crippen LogP contribution in [0.4, 0.5) is 0 Å². The minimum Gasteiger partial charge on any atom is -0.487 e. The monoisotopic (exact) mass is 272 g/mol. The van der Waals surface area contributed by atoms with Gasteiger partial charge in [-0.2, -0.15) is 0 Å². The van der Waals surface area contributed by atoms with Gasteiger partial charge in [0.15, 0.2) is 11.5 Å². The zero-order valence-electron chi connectivity index (χ0n) is 8.55. The van der Waals surface area contributed by atoms with Crippen molar-refractivity contribution in [2.75, 3.05) is 13.2 Å². The Morgan fingerprint density at radius 1 is 1.47 bits per heavy atom. The summed E-state index contributed by atoms with van der Waals surface area (Å²) in [7, 11) is 0. The van der Waals surface area contributed by atoms with Crippen LogP contribution in [0.3, 0.4) is 0 Å². The van der Waals surface area contributed by atoms with E-state index in [1.807, 2.05) is 6.92 Å². The van der Waals surface area contributed by atoms with Gasteiger partial charge in [-0.1, -0.05) is 22.5 Å². The number of nitrogens with zero attached hydrogens (tertiary/aromatic N) is 1. The average Bonchev–Trinajstić information content (AvgIpc) is 2.16. The zero-order chi connectivity index (χ0) is 10.8. The van der Waals surface area contributed by atoms with Crippen LogP contribution in [0, 0.1) is 0 Å². The van der Waals surface area contributed by atoms with Gasteiger partial charge in [0.2, 0.25) is 0 Å². The van der Waals surface area contributed by atoms with Crippen LogP contribution in [-0.2, 0) is 9.47 Å². The van der Waals surface area contributed by atoms with Gasteiger partial charge in [-0.05, 0) is 6.92 Å². The van der Waals surface area contributed by atoms with E-state index in [2.05, 4.69) is 32.8 Å². The Bertz CT molecular complexity index is 349. The van der Waals surface area contributed by atoms with Crippen LogP contribution >= 0.6 is 15.9 Å². The fraction of sp³-hybridized carbons (Fsp3) is 0.500. The van der Waals surface area contributed by atoms with Crippen molar-refractivity contribution < 1.29 is 9.47 Å². The molecule has 0 saturated carbocycles. The summed E-state index contributed by atoms with van der Waals surface area (Å²) in [6.07, 6.45) is 0.759. The second-order valence-electron chi connectivity index (χ2n) is 3.41. The third-order valence-corrected chi connectivity index (χ3v) is 2.70. The maximum absolute atomic E-state index is 5.54. The van der Waals surface area contributed by atoms with Crippen LogP contribution in [0.25, 0.3) is 0 Å². The lowest BCUT2D eigenvalue weighted by Gasteiger charge is -2.26. The molecule has 0 aromatic rings. The first-order valence-electron chi connectivity index (χ1n) is 4.80. The van der Waals surface area contributed by atoms with Crippen molar-refractivity contribution in [2.45, 2.75) is 18.3 Å². The number of ether oxygens (including phenoxy) is 2. The highest BCUT2D eigenvalue weighted by molar-refractivity contribution is 9.09. The molecule has 0 aromatic carbocycles. The van der Waals surface area contributed by atoms with E-state index in [0.717, 1.165) is 23.7 Å². The van der Waals surface area contributed by atoms with Crippen molar-refractivity contribution in [2.24, 2.45) is 4.99 Å². The van der Waals surface area contributed by atoms with E-state index in [1.165, 1.54) is 0 Å². The normalized spacial score (nSPS) is 31.2. The Morgan fingerprint density at radius 2 is 2.20 bits per heavy atom. The van der Waals surface area contributed by atoms with Crippen molar-refractivity contribution >= 4 is 21.8 Å². The number of hydrogen-bond acceptors (Lipinski definition) is 4. The Labute approximate surface area is 97.2 Å². The third-order valence-electron chi connectivity index (χ3n) is 2.17. The maximum Gasteiger partial charge on any atom is 0.180 e. The van der Waals surface area contributed by atoms with E-state index >= 15 is 0 Å². The van der Waals surface area contributed by atoms with Crippen LogP contribution in [0.15, 0.2) is 28.8 Å². The molecule has 1 atom stereocenters. The smallest absolute Gasteiger partial charge is 0.180 e. The fourth-order valence-corrected chi connectivity index (χ4v) is 2.22. The minimum absolute atomic E-state index is 0.0968. The molecule has 5 heteroatoms. The summed E-state index contributed by atoms with van der Waals surface area (Å²) in [4.78, 5) is 4.41. The number of aliphatic imine (C=N–C) groups is 1. The molecule has 15 heavy (non-hydrogen) atoms. The van der Waals surface area contributed by atoms with Gasteiger partial charge in [0.05, 0.1) is 11.5 Å². The molecule has 0 spiro atoms. The molecule has 1 fully saturated rings. The van der Waals surface area contributed by atoms with Gasteiger partial charge in [-0.3, -0.25) is 4.99 Å². The molecular formula is C10H13BrN2O2. The van der Waals surface area contributed by atoms with E-state index in [0.29, 0.717) is 19.0 Å². The Hall–Kier alpha value is -0.970. The Morgan fingerprint density at radius 3 is 2.87 bits per heavy atom. The van der Waals surface area contributed by atoms with Crippen LogP contribution in [0.5, 0.6) is 0 Å². The molecule has 82 valence electrons. The summed E-state index contributed by atoms with van der Waals surface area (Å²) in [5, 5.41) is 3.18. The number of amidine groups is 1. The lowest BCUT2D eigenvalue weighted by Crippen LogP contribution is -2.30. The SMILES string of the molecule is C=C1OCCO/C1=C1/CC(Br)N=C(C)N1. The number of rotatable bonds is 0. The van der Waals surface area contributed by atoms with Gasteiger partial charge in [-0.15, -0.1) is 0 Å². The second-order valence-corrected chi connectivity index (χ2v) is 4.46. The van der Waals surface area contributed by atoms with E-state index in [-0.39, 0.29) is 4.95 Å². The molecule has 1 unspecified atom stereocenters. The summed E-state index contributed by atoms with van der Waals surface area (Å²) in [5.41, 5.74) is 0.981. The molecule has 0 aromatic heterocycles. The van der Waals surface area contributed by atoms with Crippen molar-refractivity contribution in [3.63, 3.8) is 0 Å². The molecule has 2 aliphatic rings. The maximum atomic E-state index is 5.54. The van der Waals surface area contributed by atoms with Gasteiger partial charge in [0.1, 0.15) is 18.2 Å². The van der Waals surface area contributed by atoms with E-state index in [1.54, 1.807) is 0 Å². The third kappa shape index (κ3) is 2.34. The molecule has 2 aliphatic heterocycles. The summed E-state index contributed by atoms with van der Waals surface area (Å²) in [6.45, 7) is 6.88. The van der Waals surface area contributed by atoms with Crippen LogP contribution in [0.2, 0.25) is 0 Å². The minimum atomic E-state index is 0.0968. The lowest BCUT2D eigenvalue weighted by atomic mass is 10.2. The predicted molar refractivity (Wildman–Crippen MR) is 61.6 cm³/mol. The highest BCUT2D eigenvalue weighted by Gasteiger charge is 2.22. The number of halogens is 1. The van der Waals surface area contributed by atoms with Crippen LogP contribution in [-0.4, -0.2) is 24.0 Å². The van der Waals surface area contributed by atoms with Crippen molar-refractivity contribution in [3.8, 4) is 0 Å². The standard InChI is InChI=1S/C10H13BrN2O2/c1-6-10(15-4-3-14-6)8-5-9(11)13-7(2)12-8/h9H,1,3-5H2,2H3,(H,12,13)/b10-8-. The highest BCUT2D eigenvalue weighted by Crippen LogP contribution is 2.25. The highest BCUT2D eigenvalue weighted by atomic mass is 79.9. The molecule has 1 N–H and O–H groups in total. The average molecular weight is 273 g/mol. The van der Waals surface area contributed by atoms with E-state index < -0.39 is 0 Å². The molecule has 0 bridgehead atoms. The molecule has 4 nitrogen and oxygen atoms in total.